The zero-order chi connectivity index (χ0) is 21.2. The first kappa shape index (κ1) is 20.5. The number of ether oxygens (including phenoxy) is 1. The molecule has 30 heavy (non-hydrogen) atoms. The Morgan fingerprint density at radius 3 is 2.63 bits per heavy atom. The average Bonchev–Trinajstić information content (AvgIpc) is 2.94. The van der Waals surface area contributed by atoms with Crippen LogP contribution in [0.5, 0.6) is 5.75 Å². The first-order valence-electron chi connectivity index (χ1n) is 11.1. The van der Waals surface area contributed by atoms with Gasteiger partial charge in [-0.25, -0.2) is 0 Å². The highest BCUT2D eigenvalue weighted by molar-refractivity contribution is 5.84. The highest BCUT2D eigenvalue weighted by Gasteiger charge is 2.57. The summed E-state index contributed by atoms with van der Waals surface area (Å²) in [5.41, 5.74) is 2.76. The third kappa shape index (κ3) is 3.49. The van der Waals surface area contributed by atoms with Crippen LogP contribution in [0.2, 0.25) is 0 Å². The van der Waals surface area contributed by atoms with Crippen molar-refractivity contribution in [2.75, 3.05) is 18.1 Å². The number of hydrogen-bond donors (Lipinski definition) is 1. The van der Waals surface area contributed by atoms with Crippen LogP contribution in [0.4, 0.5) is 5.69 Å². The summed E-state index contributed by atoms with van der Waals surface area (Å²) in [6.45, 7) is 8.12. The van der Waals surface area contributed by atoms with Gasteiger partial charge in [0, 0.05) is 24.1 Å². The fourth-order valence-corrected chi connectivity index (χ4v) is 4.75. The molecule has 2 aromatic rings. The van der Waals surface area contributed by atoms with Crippen LogP contribution in [0.1, 0.15) is 57.6 Å². The molecule has 2 heterocycles. The van der Waals surface area contributed by atoms with Crippen LogP contribution in [-0.4, -0.2) is 24.7 Å². The fraction of sp³-hybridized carbons (Fsp3) is 0.423. The molecule has 1 saturated heterocycles. The highest BCUT2D eigenvalue weighted by atomic mass is 16.5. The number of carbonyl (C=O) groups is 1. The van der Waals surface area contributed by atoms with Gasteiger partial charge in [-0.15, -0.1) is 0 Å². The Balaban J connectivity index is 1.59. The molecule has 0 unspecified atom stereocenters. The van der Waals surface area contributed by atoms with Gasteiger partial charge in [0.25, 0.3) is 0 Å². The van der Waals surface area contributed by atoms with Gasteiger partial charge in [0.2, 0.25) is 5.91 Å². The summed E-state index contributed by atoms with van der Waals surface area (Å²) in [5, 5.41) is 3.33. The molecule has 1 atom stereocenters. The Morgan fingerprint density at radius 1 is 1.10 bits per heavy atom. The number of nitrogens with zero attached hydrogens (tertiary/aromatic N) is 1. The van der Waals surface area contributed by atoms with Crippen LogP contribution >= 0.6 is 0 Å². The molecule has 2 aliphatic rings. The summed E-state index contributed by atoms with van der Waals surface area (Å²) < 4.78 is 5.83. The van der Waals surface area contributed by atoms with Crippen molar-refractivity contribution in [3.8, 4) is 5.75 Å². The number of amides is 1. The molecule has 4 nitrogen and oxygen atoms in total. The summed E-state index contributed by atoms with van der Waals surface area (Å²) in [4.78, 5) is 14.8. The van der Waals surface area contributed by atoms with Gasteiger partial charge >= 0.3 is 0 Å². The third-order valence-corrected chi connectivity index (χ3v) is 6.55. The van der Waals surface area contributed by atoms with Gasteiger partial charge in [0.05, 0.1) is 6.61 Å². The zero-order valence-corrected chi connectivity index (χ0v) is 18.3. The molecule has 158 valence electrons. The maximum absolute atomic E-state index is 12.5. The minimum absolute atomic E-state index is 0.104. The van der Waals surface area contributed by atoms with Crippen molar-refractivity contribution in [2.45, 2.75) is 57.5 Å². The lowest BCUT2D eigenvalue weighted by atomic mass is 9.74. The van der Waals surface area contributed by atoms with Gasteiger partial charge in [0.1, 0.15) is 11.4 Å². The molecule has 0 aromatic heterocycles. The Hall–Kier alpha value is -2.75. The lowest BCUT2D eigenvalue weighted by Crippen LogP contribution is -2.68. The number of fused-ring (bicyclic) bond motifs is 3. The summed E-state index contributed by atoms with van der Waals surface area (Å²) in [7, 11) is 0. The lowest BCUT2D eigenvalue weighted by molar-refractivity contribution is -0.124. The lowest BCUT2D eigenvalue weighted by Gasteiger charge is -2.49. The molecule has 1 amide bonds. The number of hydrogen-bond acceptors (Lipinski definition) is 3. The van der Waals surface area contributed by atoms with Crippen LogP contribution < -0.4 is 15.0 Å². The van der Waals surface area contributed by atoms with Crippen LogP contribution in [-0.2, 0) is 10.2 Å². The van der Waals surface area contributed by atoms with Crippen molar-refractivity contribution >= 4 is 17.7 Å². The molecule has 4 heteroatoms. The first-order chi connectivity index (χ1) is 14.5. The Morgan fingerprint density at radius 2 is 1.87 bits per heavy atom. The van der Waals surface area contributed by atoms with Crippen LogP contribution in [0.3, 0.4) is 0 Å². The highest BCUT2D eigenvalue weighted by Crippen LogP contribution is 2.52. The van der Waals surface area contributed by atoms with Crippen molar-refractivity contribution in [3.05, 3.63) is 65.7 Å². The smallest absolute Gasteiger partial charge is 0.223 e. The van der Waals surface area contributed by atoms with E-state index in [9.17, 15) is 4.79 Å². The third-order valence-electron chi connectivity index (χ3n) is 6.55. The quantitative estimate of drug-likeness (QED) is 0.638. The summed E-state index contributed by atoms with van der Waals surface area (Å²) in [6, 6.07) is 16.7. The molecule has 1 N–H and O–H groups in total. The van der Waals surface area contributed by atoms with Crippen molar-refractivity contribution in [3.63, 3.8) is 0 Å². The average molecular weight is 405 g/mol. The second kappa shape index (κ2) is 8.17. The zero-order valence-electron chi connectivity index (χ0n) is 18.3. The van der Waals surface area contributed by atoms with E-state index in [2.05, 4.69) is 79.5 Å². The van der Waals surface area contributed by atoms with E-state index in [1.54, 1.807) is 0 Å². The maximum Gasteiger partial charge on any atom is 0.223 e. The number of nitrogens with one attached hydrogen (secondary N) is 1. The standard InChI is InChI=1S/C26H32N2O2/c1-4-5-8-19-30-21-13-11-20(12-14-21)15-17-26-25(2,3)22-9-6-7-10-23(22)28(26)18-16-24(29)27-26/h6-7,9-15,17H,4-5,8,16,18-19H2,1-3H3,(H,27,29)/t26-/m0/s1. The molecular formula is C26H32N2O2. The molecular weight excluding hydrogens is 372 g/mol. The number of unbranched alkanes of at least 4 members (excludes halogenated alkanes) is 2. The second-order valence-corrected chi connectivity index (χ2v) is 8.82. The van der Waals surface area contributed by atoms with Crippen molar-refractivity contribution in [1.82, 2.24) is 5.32 Å². The number of para-hydroxylation sites is 1. The SMILES string of the molecule is CCCCCOc1ccc(C=C[C@]23NC(=O)CCN2c2ccccc2C3(C)C)cc1. The molecule has 0 radical (unpaired) electrons. The molecule has 0 aliphatic carbocycles. The van der Waals surface area contributed by atoms with E-state index in [4.69, 9.17) is 4.74 Å². The topological polar surface area (TPSA) is 41.6 Å². The normalized spacial score (nSPS) is 22.0. The van der Waals surface area contributed by atoms with Crippen molar-refractivity contribution in [2.24, 2.45) is 0 Å². The van der Waals surface area contributed by atoms with E-state index in [1.807, 2.05) is 12.1 Å². The van der Waals surface area contributed by atoms with Crippen molar-refractivity contribution in [1.29, 1.82) is 0 Å². The van der Waals surface area contributed by atoms with Gasteiger partial charge in [-0.3, -0.25) is 4.79 Å². The van der Waals surface area contributed by atoms with Crippen molar-refractivity contribution < 1.29 is 9.53 Å². The summed E-state index contributed by atoms with van der Waals surface area (Å²) in [5.74, 6) is 1.01. The number of carbonyl (C=O) groups excluding carboxylic acids is 1. The Labute approximate surface area is 179 Å². The summed E-state index contributed by atoms with van der Waals surface area (Å²) >= 11 is 0. The Kier molecular flexibility index (Phi) is 5.59. The van der Waals surface area contributed by atoms with Crippen LogP contribution in [0.15, 0.2) is 54.6 Å². The number of rotatable bonds is 7. The molecule has 4 rings (SSSR count). The van der Waals surface area contributed by atoms with E-state index in [0.29, 0.717) is 6.42 Å². The van der Waals surface area contributed by atoms with Gasteiger partial charge in [-0.1, -0.05) is 70.0 Å². The minimum atomic E-state index is -0.568. The van der Waals surface area contributed by atoms with Crippen LogP contribution in [0.25, 0.3) is 6.08 Å². The van der Waals surface area contributed by atoms with Gasteiger partial charge < -0.3 is 15.0 Å². The largest absolute Gasteiger partial charge is 0.494 e. The van der Waals surface area contributed by atoms with Gasteiger partial charge in [-0.05, 0) is 41.8 Å². The molecule has 0 bridgehead atoms. The van der Waals surface area contributed by atoms with Gasteiger partial charge in [-0.2, -0.15) is 0 Å². The number of anilines is 1. The van der Waals surface area contributed by atoms with Gasteiger partial charge in [0.15, 0.2) is 0 Å². The summed E-state index contributed by atoms with van der Waals surface area (Å²) in [6.07, 6.45) is 8.29. The predicted molar refractivity (Wildman–Crippen MR) is 123 cm³/mol. The molecule has 0 saturated carbocycles. The van der Waals surface area contributed by atoms with E-state index in [-0.39, 0.29) is 11.3 Å². The first-order valence-corrected chi connectivity index (χ1v) is 11.1. The Bertz CT molecular complexity index is 932. The van der Waals surface area contributed by atoms with E-state index in [1.165, 1.54) is 24.1 Å². The second-order valence-electron chi connectivity index (χ2n) is 8.82. The van der Waals surface area contributed by atoms with E-state index in [0.717, 1.165) is 30.9 Å². The maximum atomic E-state index is 12.5. The molecule has 2 aromatic carbocycles. The minimum Gasteiger partial charge on any atom is -0.494 e. The van der Waals surface area contributed by atoms with Crippen LogP contribution in [0, 0.1) is 0 Å². The number of benzene rings is 2. The molecule has 2 aliphatic heterocycles. The molecule has 0 spiro atoms. The monoisotopic (exact) mass is 404 g/mol. The molecule has 1 fully saturated rings. The van der Waals surface area contributed by atoms with E-state index >= 15 is 0 Å². The fourth-order valence-electron chi connectivity index (χ4n) is 4.75. The van der Waals surface area contributed by atoms with E-state index < -0.39 is 5.66 Å². The predicted octanol–water partition coefficient (Wildman–Crippen LogP) is 5.28.